The molecule has 1 aromatic carbocycles. The maximum absolute atomic E-state index is 13.5. The Balaban J connectivity index is 1.48. The lowest BCUT2D eigenvalue weighted by atomic mass is 10.1. The molecule has 3 rings (SSSR count). The van der Waals surface area contributed by atoms with Crippen LogP contribution in [0.4, 0.5) is 10.2 Å². The van der Waals surface area contributed by atoms with Gasteiger partial charge in [-0.15, -0.1) is 10.2 Å². The summed E-state index contributed by atoms with van der Waals surface area (Å²) in [5.74, 6) is 0.0147. The van der Waals surface area contributed by atoms with E-state index < -0.39 is 0 Å². The lowest BCUT2D eigenvalue weighted by Crippen LogP contribution is -2.24. The molecule has 3 aromatic rings. The minimum Gasteiger partial charge on any atom is -0.368 e. The maximum atomic E-state index is 13.5. The first-order valence-electron chi connectivity index (χ1n) is 8.20. The Bertz CT molecular complexity index is 855. The maximum Gasteiger partial charge on any atom is 0.272 e. The van der Waals surface area contributed by atoms with Crippen LogP contribution in [0.15, 0.2) is 60.9 Å². The Labute approximate surface area is 150 Å². The van der Waals surface area contributed by atoms with E-state index >= 15 is 0 Å². The van der Waals surface area contributed by atoms with Gasteiger partial charge in [0.25, 0.3) is 5.91 Å². The van der Waals surface area contributed by atoms with Gasteiger partial charge >= 0.3 is 0 Å². The summed E-state index contributed by atoms with van der Waals surface area (Å²) in [4.78, 5) is 16.0. The molecule has 0 aliphatic rings. The number of pyridine rings is 1. The number of carbonyl (C=O) groups excluding carboxylic acids is 1. The number of carbonyl (C=O) groups is 1. The first-order valence-corrected chi connectivity index (χ1v) is 8.20. The van der Waals surface area contributed by atoms with Gasteiger partial charge in [-0.05, 0) is 47.9 Å². The summed E-state index contributed by atoms with van der Waals surface area (Å²) in [5, 5.41) is 13.7. The molecular formula is C19H18FN5O. The summed E-state index contributed by atoms with van der Waals surface area (Å²) in [7, 11) is 0. The van der Waals surface area contributed by atoms with Crippen LogP contribution in [0.25, 0.3) is 0 Å². The van der Waals surface area contributed by atoms with Crippen molar-refractivity contribution < 1.29 is 9.18 Å². The lowest BCUT2D eigenvalue weighted by molar-refractivity contribution is 0.0945. The average molecular weight is 351 g/mol. The minimum atomic E-state index is -0.299. The van der Waals surface area contributed by atoms with E-state index in [4.69, 9.17) is 0 Å². The Hall–Kier alpha value is -3.35. The van der Waals surface area contributed by atoms with Crippen molar-refractivity contribution in [1.82, 2.24) is 20.5 Å². The van der Waals surface area contributed by atoms with Crippen LogP contribution in [-0.4, -0.2) is 27.6 Å². The second kappa shape index (κ2) is 8.66. The Morgan fingerprint density at radius 3 is 2.54 bits per heavy atom. The van der Waals surface area contributed by atoms with Crippen LogP contribution < -0.4 is 10.6 Å². The van der Waals surface area contributed by atoms with E-state index in [2.05, 4.69) is 25.8 Å². The fraction of sp³-hybridized carbons (Fsp3) is 0.158. The van der Waals surface area contributed by atoms with Crippen LogP contribution in [0.5, 0.6) is 0 Å². The van der Waals surface area contributed by atoms with Crippen LogP contribution in [-0.2, 0) is 13.0 Å². The van der Waals surface area contributed by atoms with Gasteiger partial charge in [0.1, 0.15) is 11.6 Å². The van der Waals surface area contributed by atoms with Gasteiger partial charge in [-0.3, -0.25) is 9.78 Å². The molecule has 26 heavy (non-hydrogen) atoms. The monoisotopic (exact) mass is 351 g/mol. The van der Waals surface area contributed by atoms with Crippen molar-refractivity contribution in [3.8, 4) is 0 Å². The highest BCUT2D eigenvalue weighted by Gasteiger charge is 2.08. The van der Waals surface area contributed by atoms with Crippen molar-refractivity contribution in [1.29, 1.82) is 0 Å². The van der Waals surface area contributed by atoms with E-state index in [1.165, 1.54) is 6.07 Å². The molecule has 132 valence electrons. The van der Waals surface area contributed by atoms with Crippen molar-refractivity contribution in [3.63, 3.8) is 0 Å². The van der Waals surface area contributed by atoms with Crippen LogP contribution in [0.3, 0.4) is 0 Å². The summed E-state index contributed by atoms with van der Waals surface area (Å²) in [6.45, 7) is 0.912. The third kappa shape index (κ3) is 4.83. The Kier molecular flexibility index (Phi) is 5.82. The molecule has 0 saturated carbocycles. The lowest BCUT2D eigenvalue weighted by Gasteiger charge is -2.07. The molecule has 7 heteroatoms. The molecule has 0 fully saturated rings. The molecule has 2 heterocycles. The number of hydrogen-bond donors (Lipinski definition) is 2. The van der Waals surface area contributed by atoms with E-state index in [1.807, 2.05) is 12.1 Å². The van der Waals surface area contributed by atoms with E-state index in [-0.39, 0.29) is 17.4 Å². The van der Waals surface area contributed by atoms with Crippen LogP contribution in [0, 0.1) is 5.82 Å². The van der Waals surface area contributed by atoms with Crippen molar-refractivity contribution >= 4 is 11.7 Å². The van der Waals surface area contributed by atoms with Crippen molar-refractivity contribution in [2.24, 2.45) is 0 Å². The number of hydrogen-bond acceptors (Lipinski definition) is 5. The summed E-state index contributed by atoms with van der Waals surface area (Å²) in [5.41, 5.74) is 1.83. The van der Waals surface area contributed by atoms with Gasteiger partial charge in [-0.2, -0.15) is 0 Å². The largest absolute Gasteiger partial charge is 0.368 e. The number of rotatable bonds is 7. The zero-order chi connectivity index (χ0) is 18.2. The van der Waals surface area contributed by atoms with Crippen molar-refractivity contribution in [2.75, 3.05) is 11.9 Å². The summed E-state index contributed by atoms with van der Waals surface area (Å²) in [6, 6.07) is 13.6. The molecular weight excluding hydrogens is 333 g/mol. The fourth-order valence-corrected chi connectivity index (χ4v) is 2.35. The molecule has 1 amide bonds. The number of nitrogens with zero attached hydrogens (tertiary/aromatic N) is 3. The van der Waals surface area contributed by atoms with Crippen LogP contribution in [0.2, 0.25) is 0 Å². The predicted octanol–water partition coefficient (Wildman–Crippen LogP) is 2.60. The molecule has 2 aromatic heterocycles. The topological polar surface area (TPSA) is 79.8 Å². The van der Waals surface area contributed by atoms with Gasteiger partial charge in [0.05, 0.1) is 0 Å². The zero-order valence-corrected chi connectivity index (χ0v) is 14.0. The molecule has 0 aliphatic carbocycles. The fourth-order valence-electron chi connectivity index (χ4n) is 2.35. The van der Waals surface area contributed by atoms with E-state index in [0.29, 0.717) is 30.9 Å². The molecule has 0 unspecified atom stereocenters. The third-order valence-corrected chi connectivity index (χ3v) is 3.76. The van der Waals surface area contributed by atoms with Crippen molar-refractivity contribution in [2.45, 2.75) is 13.0 Å². The van der Waals surface area contributed by atoms with Crippen LogP contribution >= 0.6 is 0 Å². The van der Waals surface area contributed by atoms with E-state index in [1.54, 1.807) is 42.7 Å². The second-order valence-electron chi connectivity index (χ2n) is 5.61. The molecule has 0 saturated heterocycles. The number of benzene rings is 1. The van der Waals surface area contributed by atoms with E-state index in [0.717, 1.165) is 5.56 Å². The molecule has 0 spiro atoms. The SMILES string of the molecule is O=C(NCc1ccncc1)c1ccc(NCCc2ccccc2F)nn1. The Morgan fingerprint density at radius 1 is 1.00 bits per heavy atom. The van der Waals surface area contributed by atoms with Gasteiger partial charge in [-0.25, -0.2) is 4.39 Å². The molecule has 2 N–H and O–H groups in total. The molecule has 0 atom stereocenters. The van der Waals surface area contributed by atoms with Crippen molar-refractivity contribution in [3.05, 3.63) is 83.6 Å². The Morgan fingerprint density at radius 2 is 1.81 bits per heavy atom. The second-order valence-corrected chi connectivity index (χ2v) is 5.61. The highest BCUT2D eigenvalue weighted by Crippen LogP contribution is 2.08. The molecule has 0 bridgehead atoms. The highest BCUT2D eigenvalue weighted by molar-refractivity contribution is 5.92. The minimum absolute atomic E-state index is 0.221. The third-order valence-electron chi connectivity index (χ3n) is 3.76. The van der Waals surface area contributed by atoms with Gasteiger partial charge in [0.15, 0.2) is 5.69 Å². The first kappa shape index (κ1) is 17.5. The quantitative estimate of drug-likeness (QED) is 0.684. The van der Waals surface area contributed by atoms with Crippen LogP contribution in [0.1, 0.15) is 21.6 Å². The zero-order valence-electron chi connectivity index (χ0n) is 14.0. The summed E-state index contributed by atoms with van der Waals surface area (Å²) < 4.78 is 13.5. The molecule has 0 radical (unpaired) electrons. The van der Waals surface area contributed by atoms with Gasteiger partial charge in [-0.1, -0.05) is 18.2 Å². The van der Waals surface area contributed by atoms with E-state index in [9.17, 15) is 9.18 Å². The standard InChI is InChI=1S/C19H18FN5O/c20-16-4-2-1-3-15(16)9-12-22-18-6-5-17(24-25-18)19(26)23-13-14-7-10-21-11-8-14/h1-8,10-11H,9,12-13H2,(H,22,25)(H,23,26). The number of nitrogens with one attached hydrogen (secondary N) is 2. The van der Waals surface area contributed by atoms with Gasteiger partial charge < -0.3 is 10.6 Å². The normalized spacial score (nSPS) is 10.3. The number of halogens is 1. The number of anilines is 1. The smallest absolute Gasteiger partial charge is 0.272 e. The molecule has 6 nitrogen and oxygen atoms in total. The highest BCUT2D eigenvalue weighted by atomic mass is 19.1. The number of amides is 1. The first-order chi connectivity index (χ1) is 12.7. The van der Waals surface area contributed by atoms with Gasteiger partial charge in [0, 0.05) is 25.5 Å². The number of aromatic nitrogens is 3. The summed E-state index contributed by atoms with van der Waals surface area (Å²) in [6.07, 6.45) is 3.87. The molecule has 0 aliphatic heterocycles. The average Bonchev–Trinajstić information content (AvgIpc) is 2.69. The summed E-state index contributed by atoms with van der Waals surface area (Å²) >= 11 is 0. The predicted molar refractivity (Wildman–Crippen MR) is 96.0 cm³/mol. The van der Waals surface area contributed by atoms with Gasteiger partial charge in [0.2, 0.25) is 0 Å².